The summed E-state index contributed by atoms with van der Waals surface area (Å²) in [7, 11) is 0. The van der Waals surface area contributed by atoms with E-state index in [1.807, 2.05) is 30.0 Å². The molecule has 2 aromatic carbocycles. The second-order valence-electron chi connectivity index (χ2n) is 7.61. The predicted molar refractivity (Wildman–Crippen MR) is 130 cm³/mol. The van der Waals surface area contributed by atoms with E-state index in [0.29, 0.717) is 18.5 Å². The Balaban J connectivity index is 0.000000509. The number of thioether (sulfide) groups is 1. The van der Waals surface area contributed by atoms with Crippen molar-refractivity contribution in [3.05, 3.63) is 84.0 Å². The molecule has 3 rings (SSSR count). The minimum Gasteiger partial charge on any atom is -0.347 e. The Morgan fingerprint density at radius 2 is 1.94 bits per heavy atom. The number of allylic oxidation sites excluding steroid dienone is 3. The van der Waals surface area contributed by atoms with Crippen molar-refractivity contribution in [1.29, 1.82) is 0 Å². The van der Waals surface area contributed by atoms with Crippen molar-refractivity contribution in [2.75, 3.05) is 11.4 Å². The van der Waals surface area contributed by atoms with Gasteiger partial charge in [0, 0.05) is 23.2 Å². The van der Waals surface area contributed by atoms with E-state index >= 15 is 0 Å². The number of amides is 1. The zero-order valence-electron chi connectivity index (χ0n) is 19.0. The molecule has 0 fully saturated rings. The highest BCUT2D eigenvalue weighted by Crippen LogP contribution is 2.40. The summed E-state index contributed by atoms with van der Waals surface area (Å²) in [6, 6.07) is 11.9. The molecule has 1 amide bonds. The van der Waals surface area contributed by atoms with Crippen LogP contribution in [0.1, 0.15) is 42.2 Å². The van der Waals surface area contributed by atoms with Crippen LogP contribution in [0.25, 0.3) is 0 Å². The van der Waals surface area contributed by atoms with Gasteiger partial charge >= 0.3 is 5.51 Å². The Kier molecular flexibility index (Phi) is 9.95. The molecule has 2 atom stereocenters. The van der Waals surface area contributed by atoms with Gasteiger partial charge in [-0.2, -0.15) is 13.2 Å². The van der Waals surface area contributed by atoms with E-state index in [4.69, 9.17) is 5.73 Å². The van der Waals surface area contributed by atoms with E-state index in [9.17, 15) is 22.8 Å². The fourth-order valence-electron chi connectivity index (χ4n) is 3.66. The molecule has 0 bridgehead atoms. The number of hydrogen-bond donors (Lipinski definition) is 2. The number of fused-ring (bicyclic) bond motifs is 1. The zero-order chi connectivity index (χ0) is 25.3. The Morgan fingerprint density at radius 3 is 2.47 bits per heavy atom. The van der Waals surface area contributed by atoms with Crippen LogP contribution in [-0.2, 0) is 9.59 Å². The van der Waals surface area contributed by atoms with Crippen molar-refractivity contribution in [1.82, 2.24) is 5.32 Å². The van der Waals surface area contributed by atoms with Gasteiger partial charge in [-0.15, -0.1) is 0 Å². The van der Waals surface area contributed by atoms with Crippen molar-refractivity contribution in [2.45, 2.75) is 42.9 Å². The summed E-state index contributed by atoms with van der Waals surface area (Å²) in [5.41, 5.74) is 5.61. The fraction of sp³-hybridized carbons (Fsp3) is 0.280. The first-order valence-corrected chi connectivity index (χ1v) is 11.4. The molecule has 2 aromatic rings. The third-order valence-corrected chi connectivity index (χ3v) is 5.81. The van der Waals surface area contributed by atoms with Gasteiger partial charge in [0.15, 0.2) is 5.78 Å². The molecule has 5 nitrogen and oxygen atoms in total. The Hall–Kier alpha value is -3.04. The van der Waals surface area contributed by atoms with Crippen molar-refractivity contribution in [2.24, 2.45) is 5.73 Å². The van der Waals surface area contributed by atoms with Gasteiger partial charge < -0.3 is 16.0 Å². The second-order valence-corrected chi connectivity index (χ2v) is 8.75. The first-order valence-electron chi connectivity index (χ1n) is 10.5. The number of hydrogen-bond acceptors (Lipinski definition) is 5. The van der Waals surface area contributed by atoms with Crippen LogP contribution in [-0.4, -0.2) is 24.2 Å². The van der Waals surface area contributed by atoms with Gasteiger partial charge in [-0.1, -0.05) is 49.1 Å². The quantitative estimate of drug-likeness (QED) is 0.229. The summed E-state index contributed by atoms with van der Waals surface area (Å²) in [4.78, 5) is 23.5. The number of nitrogens with one attached hydrogen (secondary N) is 1. The van der Waals surface area contributed by atoms with Crippen LogP contribution in [0.5, 0.6) is 0 Å². The Morgan fingerprint density at radius 1 is 1.26 bits per heavy atom. The molecule has 34 heavy (non-hydrogen) atoms. The van der Waals surface area contributed by atoms with Crippen molar-refractivity contribution in [3.8, 4) is 0 Å². The van der Waals surface area contributed by atoms with Crippen LogP contribution in [0.15, 0.2) is 72.2 Å². The highest BCUT2D eigenvalue weighted by Gasteiger charge is 2.31. The van der Waals surface area contributed by atoms with E-state index in [1.165, 1.54) is 25.1 Å². The van der Waals surface area contributed by atoms with Gasteiger partial charge in [0.25, 0.3) is 0 Å². The van der Waals surface area contributed by atoms with Crippen LogP contribution < -0.4 is 16.0 Å². The van der Waals surface area contributed by atoms with Crippen LogP contribution >= 0.6 is 11.8 Å². The number of rotatable bonds is 7. The number of anilines is 1. The Bertz CT molecular complexity index is 1020. The molecular formula is C25H28F3N3O2S. The number of benzene rings is 2. The van der Waals surface area contributed by atoms with Gasteiger partial charge in [0.2, 0.25) is 6.41 Å². The molecule has 0 unspecified atom stereocenters. The second kappa shape index (κ2) is 12.4. The number of nitrogens with two attached hydrogens (primary N) is 1. The smallest absolute Gasteiger partial charge is 0.347 e. The van der Waals surface area contributed by atoms with E-state index in [2.05, 4.69) is 11.9 Å². The van der Waals surface area contributed by atoms with Gasteiger partial charge in [0.05, 0.1) is 0 Å². The summed E-state index contributed by atoms with van der Waals surface area (Å²) < 4.78 is 37.6. The van der Waals surface area contributed by atoms with Gasteiger partial charge in [0.1, 0.15) is 6.17 Å². The number of alkyl halides is 3. The minimum absolute atomic E-state index is 0.0555. The largest absolute Gasteiger partial charge is 0.446 e. The monoisotopic (exact) mass is 491 g/mol. The lowest BCUT2D eigenvalue weighted by atomic mass is 9.93. The average Bonchev–Trinajstić information content (AvgIpc) is 2.77. The van der Waals surface area contributed by atoms with E-state index in [0.717, 1.165) is 23.2 Å². The molecule has 0 aliphatic carbocycles. The van der Waals surface area contributed by atoms with Crippen molar-refractivity contribution < 1.29 is 22.8 Å². The zero-order valence-corrected chi connectivity index (χ0v) is 19.8. The van der Waals surface area contributed by atoms with E-state index in [1.54, 1.807) is 24.3 Å². The van der Waals surface area contributed by atoms with Gasteiger partial charge in [-0.05, 0) is 66.9 Å². The highest BCUT2D eigenvalue weighted by molar-refractivity contribution is 8.00. The third kappa shape index (κ3) is 7.78. The summed E-state index contributed by atoms with van der Waals surface area (Å²) >= 11 is -0.159. The number of aryl methyl sites for hydroxylation is 1. The number of carbonyl (C=O) groups excluding carboxylic acids is 2. The predicted octanol–water partition coefficient (Wildman–Crippen LogP) is 5.58. The molecule has 1 aliphatic rings. The maximum Gasteiger partial charge on any atom is 0.446 e. The average molecular weight is 492 g/mol. The molecule has 1 heterocycles. The maximum absolute atomic E-state index is 12.5. The third-order valence-electron chi connectivity index (χ3n) is 5.07. The summed E-state index contributed by atoms with van der Waals surface area (Å²) in [6.07, 6.45) is 5.49. The minimum atomic E-state index is -4.33. The van der Waals surface area contributed by atoms with Crippen LogP contribution in [0.4, 0.5) is 18.9 Å². The lowest BCUT2D eigenvalue weighted by Gasteiger charge is -2.40. The molecular weight excluding hydrogens is 463 g/mol. The van der Waals surface area contributed by atoms with Gasteiger partial charge in [-0.3, -0.25) is 9.59 Å². The van der Waals surface area contributed by atoms with Crippen LogP contribution in [0, 0.1) is 6.92 Å². The number of carbonyl (C=O) groups is 2. The Labute approximate surface area is 201 Å². The highest BCUT2D eigenvalue weighted by atomic mass is 32.2. The van der Waals surface area contributed by atoms with E-state index in [-0.39, 0.29) is 28.5 Å². The number of ketones is 1. The van der Waals surface area contributed by atoms with Crippen LogP contribution in [0.2, 0.25) is 0 Å². The van der Waals surface area contributed by atoms with Gasteiger partial charge in [-0.25, -0.2) is 0 Å². The van der Waals surface area contributed by atoms with Crippen molar-refractivity contribution >= 4 is 29.6 Å². The summed E-state index contributed by atoms with van der Waals surface area (Å²) in [5.74, 6) is 0.0555. The normalized spacial score (nSPS) is 16.2. The molecule has 0 spiro atoms. The number of halogens is 3. The molecule has 1 aliphatic heterocycles. The lowest BCUT2D eigenvalue weighted by Crippen LogP contribution is -2.43. The number of nitrogens with zero attached hydrogens (tertiary/aromatic N) is 1. The maximum atomic E-state index is 12.5. The van der Waals surface area contributed by atoms with Crippen LogP contribution in [0.3, 0.4) is 0 Å². The molecule has 9 heteroatoms. The molecule has 3 N–H and O–H groups in total. The first-order chi connectivity index (χ1) is 16.1. The molecule has 182 valence electrons. The molecule has 0 radical (unpaired) electrons. The van der Waals surface area contributed by atoms with Crippen molar-refractivity contribution in [3.63, 3.8) is 0 Å². The summed E-state index contributed by atoms with van der Waals surface area (Å²) in [6.45, 7) is 7.50. The topological polar surface area (TPSA) is 75.4 Å². The molecule has 0 aromatic heterocycles. The van der Waals surface area contributed by atoms with E-state index < -0.39 is 11.7 Å². The number of para-hydroxylation sites is 1. The molecule has 0 saturated heterocycles. The standard InChI is InChI=1S/C19H20F3N3OS.C6H8O/c1-12-3-2-4-15-16(23)9-10-25(17(12)15)18(24-11-26)13-5-7-14(8-6-13)27-19(20,21)22;1-3-4-5-6(2)7/h2-8,11,16,18H,9-10,23H2,1H3,(H,24,26);3-5H,1H2,2H3/b;5-4+/t16-,18-;/m0./s1. The summed E-state index contributed by atoms with van der Waals surface area (Å²) in [5, 5.41) is 2.79. The SMILES string of the molecule is C=C/C=C/C(C)=O.Cc1cccc2c1N([C@H](NC=O)c1ccc(SC(F)(F)F)cc1)CC[C@@H]2N. The molecule has 0 saturated carbocycles. The lowest BCUT2D eigenvalue weighted by molar-refractivity contribution is -0.112. The first kappa shape index (κ1) is 27.2. The fourth-order valence-corrected chi connectivity index (χ4v) is 4.20.